The van der Waals surface area contributed by atoms with Gasteiger partial charge in [0.2, 0.25) is 0 Å². The summed E-state index contributed by atoms with van der Waals surface area (Å²) in [7, 11) is 0. The van der Waals surface area contributed by atoms with Crippen LogP contribution in [0.4, 0.5) is 4.39 Å². The van der Waals surface area contributed by atoms with Crippen LogP contribution in [0.1, 0.15) is 29.9 Å². The Morgan fingerprint density at radius 1 is 1.02 bits per heavy atom. The molecule has 5 aromatic rings. The maximum Gasteiger partial charge on any atom is 0.338 e. The number of thiazole rings is 1. The molecular formula is C32H21Cl2FN2O4S. The van der Waals surface area contributed by atoms with Gasteiger partial charge in [0, 0.05) is 17.2 Å². The predicted octanol–water partition coefficient (Wildman–Crippen LogP) is 6.64. The lowest BCUT2D eigenvalue weighted by atomic mass is 9.93. The molecule has 0 spiro atoms. The van der Waals surface area contributed by atoms with Gasteiger partial charge in [0.25, 0.3) is 5.56 Å². The largest absolute Gasteiger partial charge is 0.463 e. The van der Waals surface area contributed by atoms with Crippen LogP contribution in [-0.2, 0) is 9.53 Å². The molecule has 0 radical (unpaired) electrons. The van der Waals surface area contributed by atoms with Crippen molar-refractivity contribution < 1.29 is 18.3 Å². The summed E-state index contributed by atoms with van der Waals surface area (Å²) in [6.07, 6.45) is 1.63. The number of ether oxygens (including phenoxy) is 1. The molecule has 0 saturated carbocycles. The first-order valence-electron chi connectivity index (χ1n) is 12.9. The maximum atomic E-state index is 14.0. The van der Waals surface area contributed by atoms with E-state index in [0.29, 0.717) is 47.7 Å². The van der Waals surface area contributed by atoms with E-state index in [2.05, 4.69) is 0 Å². The molecule has 6 nitrogen and oxygen atoms in total. The molecule has 0 fully saturated rings. The quantitative estimate of drug-likeness (QED) is 0.200. The second-order valence-corrected chi connectivity index (χ2v) is 11.1. The summed E-state index contributed by atoms with van der Waals surface area (Å²) in [5.41, 5.74) is 2.14. The highest BCUT2D eigenvalue weighted by Crippen LogP contribution is 2.35. The summed E-state index contributed by atoms with van der Waals surface area (Å²) in [6.45, 7) is 1.84. The lowest BCUT2D eigenvalue weighted by Crippen LogP contribution is -2.40. The molecule has 3 aromatic carbocycles. The molecule has 210 valence electrons. The summed E-state index contributed by atoms with van der Waals surface area (Å²) in [6, 6.07) is 22.7. The van der Waals surface area contributed by atoms with E-state index in [9.17, 15) is 14.0 Å². The Morgan fingerprint density at radius 3 is 2.50 bits per heavy atom. The van der Waals surface area contributed by atoms with E-state index in [4.69, 9.17) is 37.3 Å². The molecule has 0 amide bonds. The van der Waals surface area contributed by atoms with Crippen molar-refractivity contribution in [3.05, 3.63) is 143 Å². The number of carbonyl (C=O) groups excluding carboxylic acids is 1. The van der Waals surface area contributed by atoms with Crippen molar-refractivity contribution in [2.45, 2.75) is 13.0 Å². The van der Waals surface area contributed by atoms with Crippen LogP contribution in [0.2, 0.25) is 10.0 Å². The minimum absolute atomic E-state index is 0.130. The number of furan rings is 1. The summed E-state index contributed by atoms with van der Waals surface area (Å²) in [4.78, 5) is 32.6. The van der Waals surface area contributed by atoms with Crippen molar-refractivity contribution >= 4 is 52.3 Å². The number of halogens is 3. The standard InChI is InChI=1S/C32H21Cl2FN2O4S/c1-2-40-31(39)27-28(18-6-4-3-5-7-18)36-32-37(29(27)19-8-11-21(35)12-9-19)30(38)26(42-32)17-22-13-15-25(41-22)20-10-14-23(33)24(34)16-20/h3-17,29H,2H2,1H3/b26-17-. The van der Waals surface area contributed by atoms with E-state index in [0.717, 1.165) is 16.9 Å². The lowest BCUT2D eigenvalue weighted by molar-refractivity contribution is -0.138. The van der Waals surface area contributed by atoms with Crippen LogP contribution in [0, 0.1) is 5.82 Å². The molecule has 10 heteroatoms. The van der Waals surface area contributed by atoms with Crippen LogP contribution in [0.3, 0.4) is 0 Å². The molecule has 1 atom stereocenters. The minimum Gasteiger partial charge on any atom is -0.463 e. The first-order chi connectivity index (χ1) is 20.3. The molecule has 2 aromatic heterocycles. The average Bonchev–Trinajstić information content (AvgIpc) is 3.59. The van der Waals surface area contributed by atoms with Gasteiger partial charge in [-0.05, 0) is 55.0 Å². The van der Waals surface area contributed by atoms with Crippen LogP contribution in [-0.4, -0.2) is 17.1 Å². The highest BCUT2D eigenvalue weighted by atomic mass is 35.5. The summed E-state index contributed by atoms with van der Waals surface area (Å²) >= 11 is 13.4. The summed E-state index contributed by atoms with van der Waals surface area (Å²) in [5, 5.41) is 0.828. The van der Waals surface area contributed by atoms with Crippen LogP contribution in [0.25, 0.3) is 23.1 Å². The Bertz CT molecular complexity index is 2030. The second kappa shape index (κ2) is 11.6. The van der Waals surface area contributed by atoms with Crippen molar-refractivity contribution in [1.29, 1.82) is 0 Å². The molecule has 1 aliphatic rings. The van der Waals surface area contributed by atoms with Crippen molar-refractivity contribution in [3.8, 4) is 11.3 Å². The Kier molecular flexibility index (Phi) is 7.68. The summed E-state index contributed by atoms with van der Waals surface area (Å²) < 4.78 is 27.2. The number of rotatable bonds is 6. The van der Waals surface area contributed by atoms with Gasteiger partial charge in [-0.15, -0.1) is 0 Å². The van der Waals surface area contributed by atoms with E-state index in [1.54, 1.807) is 55.5 Å². The Labute approximate surface area is 253 Å². The molecule has 1 aliphatic heterocycles. The third-order valence-corrected chi connectivity index (χ3v) is 8.39. The molecule has 0 saturated heterocycles. The molecule has 0 bridgehead atoms. The fraction of sp³-hybridized carbons (Fsp3) is 0.0938. The molecule has 1 unspecified atom stereocenters. The van der Waals surface area contributed by atoms with Crippen LogP contribution >= 0.6 is 34.5 Å². The number of esters is 1. The Balaban J connectivity index is 1.55. The first-order valence-corrected chi connectivity index (χ1v) is 14.5. The summed E-state index contributed by atoms with van der Waals surface area (Å²) in [5.74, 6) is -0.0620. The normalized spacial score (nSPS) is 15.0. The number of hydrogen-bond donors (Lipinski definition) is 0. The van der Waals surface area contributed by atoms with Crippen molar-refractivity contribution in [2.24, 2.45) is 4.99 Å². The van der Waals surface area contributed by atoms with Crippen LogP contribution in [0.5, 0.6) is 0 Å². The second-order valence-electron chi connectivity index (χ2n) is 9.31. The van der Waals surface area contributed by atoms with Gasteiger partial charge in [0.1, 0.15) is 17.3 Å². The first kappa shape index (κ1) is 27.9. The highest BCUT2D eigenvalue weighted by Gasteiger charge is 2.35. The van der Waals surface area contributed by atoms with Gasteiger partial charge in [-0.1, -0.05) is 77.0 Å². The van der Waals surface area contributed by atoms with Gasteiger partial charge in [-0.2, -0.15) is 0 Å². The fourth-order valence-electron chi connectivity index (χ4n) is 4.77. The van der Waals surface area contributed by atoms with E-state index < -0.39 is 17.8 Å². The Hall–Kier alpha value is -4.24. The maximum absolute atomic E-state index is 14.0. The van der Waals surface area contributed by atoms with Gasteiger partial charge in [-0.25, -0.2) is 14.2 Å². The highest BCUT2D eigenvalue weighted by molar-refractivity contribution is 7.07. The van der Waals surface area contributed by atoms with Crippen molar-refractivity contribution in [3.63, 3.8) is 0 Å². The SMILES string of the molecule is CCOC(=O)C1=C(c2ccccc2)N=c2s/c(=C\c3ccc(-c4ccc(Cl)c(Cl)c4)o3)c(=O)n2C1c1ccc(F)cc1. The van der Waals surface area contributed by atoms with Gasteiger partial charge >= 0.3 is 5.97 Å². The topological polar surface area (TPSA) is 73.8 Å². The van der Waals surface area contributed by atoms with E-state index in [-0.39, 0.29) is 17.7 Å². The molecule has 0 N–H and O–H groups in total. The molecule has 6 rings (SSSR count). The number of fused-ring (bicyclic) bond motifs is 1. The average molecular weight is 620 g/mol. The van der Waals surface area contributed by atoms with Crippen molar-refractivity contribution in [1.82, 2.24) is 4.57 Å². The molecule has 0 aliphatic carbocycles. The lowest BCUT2D eigenvalue weighted by Gasteiger charge is -2.25. The van der Waals surface area contributed by atoms with Gasteiger partial charge in [-0.3, -0.25) is 9.36 Å². The number of nitrogens with zero attached hydrogens (tertiary/aromatic N) is 2. The smallest absolute Gasteiger partial charge is 0.338 e. The van der Waals surface area contributed by atoms with E-state index in [1.807, 2.05) is 30.3 Å². The number of hydrogen-bond acceptors (Lipinski definition) is 6. The zero-order valence-corrected chi connectivity index (χ0v) is 24.3. The zero-order valence-electron chi connectivity index (χ0n) is 22.0. The third kappa shape index (κ3) is 5.25. The number of benzene rings is 3. The van der Waals surface area contributed by atoms with E-state index >= 15 is 0 Å². The zero-order chi connectivity index (χ0) is 29.4. The number of aromatic nitrogens is 1. The van der Waals surface area contributed by atoms with Gasteiger partial charge in [0.15, 0.2) is 4.80 Å². The van der Waals surface area contributed by atoms with Crippen LogP contribution in [0.15, 0.2) is 105 Å². The minimum atomic E-state index is -0.901. The Morgan fingerprint density at radius 2 is 1.79 bits per heavy atom. The van der Waals surface area contributed by atoms with Crippen LogP contribution < -0.4 is 14.9 Å². The fourth-order valence-corrected chi connectivity index (χ4v) is 6.04. The molecule has 3 heterocycles. The third-order valence-electron chi connectivity index (χ3n) is 6.66. The van der Waals surface area contributed by atoms with E-state index in [1.165, 1.54) is 16.7 Å². The molecular weight excluding hydrogens is 598 g/mol. The van der Waals surface area contributed by atoms with Gasteiger partial charge < -0.3 is 9.15 Å². The van der Waals surface area contributed by atoms with Crippen molar-refractivity contribution in [2.75, 3.05) is 6.61 Å². The monoisotopic (exact) mass is 618 g/mol. The number of carbonyl (C=O) groups is 1. The molecule has 42 heavy (non-hydrogen) atoms. The predicted molar refractivity (Wildman–Crippen MR) is 162 cm³/mol. The van der Waals surface area contributed by atoms with Gasteiger partial charge in [0.05, 0.1) is 38.5 Å².